The Morgan fingerprint density at radius 1 is 0.800 bits per heavy atom. The Labute approximate surface area is 152 Å². The third kappa shape index (κ3) is 10.7. The quantitative estimate of drug-likeness (QED) is 0.763. The topological polar surface area (TPSA) is 83.8 Å². The Morgan fingerprint density at radius 2 is 1.28 bits per heavy atom. The SMILES string of the molecule is COCC(=O)CCC(=O)C1CCCCC(O)CCCCC(O)CCC1. The molecule has 5 nitrogen and oxygen atoms in total. The molecule has 0 radical (unpaired) electrons. The van der Waals surface area contributed by atoms with Crippen LogP contribution in [0.1, 0.15) is 83.5 Å². The predicted octanol–water partition coefficient (Wildman–Crippen LogP) is 3.19. The van der Waals surface area contributed by atoms with Gasteiger partial charge in [-0.15, -0.1) is 0 Å². The van der Waals surface area contributed by atoms with Crippen LogP contribution in [0.3, 0.4) is 0 Å². The lowest BCUT2D eigenvalue weighted by atomic mass is 9.87. The largest absolute Gasteiger partial charge is 0.393 e. The van der Waals surface area contributed by atoms with E-state index >= 15 is 0 Å². The fourth-order valence-corrected chi connectivity index (χ4v) is 3.59. The number of ether oxygens (including phenoxy) is 1. The van der Waals surface area contributed by atoms with Crippen LogP contribution in [0.4, 0.5) is 0 Å². The van der Waals surface area contributed by atoms with Crippen molar-refractivity contribution in [3.05, 3.63) is 0 Å². The van der Waals surface area contributed by atoms with Gasteiger partial charge in [0.15, 0.2) is 5.78 Å². The number of carbonyl (C=O) groups excluding carboxylic acids is 2. The third-order valence-corrected chi connectivity index (χ3v) is 5.17. The molecular weight excluding hydrogens is 320 g/mol. The minimum atomic E-state index is -0.306. The van der Waals surface area contributed by atoms with Gasteiger partial charge in [0.25, 0.3) is 0 Å². The highest BCUT2D eigenvalue weighted by atomic mass is 16.5. The minimum absolute atomic E-state index is 0.0253. The van der Waals surface area contributed by atoms with E-state index < -0.39 is 0 Å². The molecule has 1 aliphatic carbocycles. The highest BCUT2D eigenvalue weighted by Gasteiger charge is 2.20. The Bertz CT molecular complexity index is 382. The number of rotatable bonds is 6. The maximum Gasteiger partial charge on any atom is 0.158 e. The summed E-state index contributed by atoms with van der Waals surface area (Å²) in [5.41, 5.74) is 0. The van der Waals surface area contributed by atoms with E-state index in [1.807, 2.05) is 0 Å². The Morgan fingerprint density at radius 3 is 1.84 bits per heavy atom. The van der Waals surface area contributed by atoms with Crippen molar-refractivity contribution in [3.8, 4) is 0 Å². The zero-order valence-corrected chi connectivity index (χ0v) is 15.8. The average Bonchev–Trinajstić information content (AvgIpc) is 2.58. The summed E-state index contributed by atoms with van der Waals surface area (Å²) in [6.07, 6.45) is 9.32. The van der Waals surface area contributed by atoms with Gasteiger partial charge in [-0.25, -0.2) is 0 Å². The Balaban J connectivity index is 2.49. The highest BCUT2D eigenvalue weighted by molar-refractivity contribution is 5.87. The minimum Gasteiger partial charge on any atom is -0.393 e. The van der Waals surface area contributed by atoms with Crippen LogP contribution in [0.25, 0.3) is 0 Å². The van der Waals surface area contributed by atoms with Crippen molar-refractivity contribution in [1.82, 2.24) is 0 Å². The zero-order valence-electron chi connectivity index (χ0n) is 15.8. The highest BCUT2D eigenvalue weighted by Crippen LogP contribution is 2.23. The molecule has 3 atom stereocenters. The molecule has 3 unspecified atom stereocenters. The van der Waals surface area contributed by atoms with Crippen molar-refractivity contribution in [2.24, 2.45) is 5.92 Å². The summed E-state index contributed by atoms with van der Waals surface area (Å²) in [4.78, 5) is 24.0. The predicted molar refractivity (Wildman–Crippen MR) is 97.4 cm³/mol. The number of hydrogen-bond donors (Lipinski definition) is 2. The average molecular weight is 357 g/mol. The molecule has 1 aliphatic rings. The van der Waals surface area contributed by atoms with Gasteiger partial charge in [-0.05, 0) is 38.5 Å². The van der Waals surface area contributed by atoms with Crippen LogP contribution < -0.4 is 0 Å². The Hall–Kier alpha value is -0.780. The van der Waals surface area contributed by atoms with E-state index in [1.54, 1.807) is 0 Å². The smallest absolute Gasteiger partial charge is 0.158 e. The number of ketones is 2. The maximum absolute atomic E-state index is 12.5. The number of carbonyl (C=O) groups is 2. The molecule has 25 heavy (non-hydrogen) atoms. The van der Waals surface area contributed by atoms with Crippen molar-refractivity contribution < 1.29 is 24.5 Å². The first kappa shape index (κ1) is 22.3. The van der Waals surface area contributed by atoms with Crippen LogP contribution >= 0.6 is 0 Å². The number of methoxy groups -OCH3 is 1. The van der Waals surface area contributed by atoms with Gasteiger partial charge in [0, 0.05) is 25.9 Å². The first-order valence-electron chi connectivity index (χ1n) is 9.92. The van der Waals surface area contributed by atoms with E-state index in [2.05, 4.69) is 0 Å². The van der Waals surface area contributed by atoms with E-state index in [-0.39, 0.29) is 49.1 Å². The molecule has 0 aromatic heterocycles. The molecule has 1 rings (SSSR count). The molecule has 0 aromatic rings. The fourth-order valence-electron chi connectivity index (χ4n) is 3.59. The first-order chi connectivity index (χ1) is 12.0. The van der Waals surface area contributed by atoms with Crippen LogP contribution in [0.5, 0.6) is 0 Å². The van der Waals surface area contributed by atoms with E-state index in [9.17, 15) is 19.8 Å². The number of hydrogen-bond acceptors (Lipinski definition) is 5. The molecule has 146 valence electrons. The number of Topliss-reactive ketones (excluding diaryl/α,β-unsaturated/α-hetero) is 2. The van der Waals surface area contributed by atoms with Crippen LogP contribution in [-0.2, 0) is 14.3 Å². The van der Waals surface area contributed by atoms with Crippen molar-refractivity contribution in [1.29, 1.82) is 0 Å². The van der Waals surface area contributed by atoms with E-state index in [0.717, 1.165) is 70.6 Å². The van der Waals surface area contributed by atoms with E-state index in [4.69, 9.17) is 4.74 Å². The van der Waals surface area contributed by atoms with E-state index in [0.29, 0.717) is 0 Å². The molecule has 0 amide bonds. The second kappa shape index (κ2) is 13.4. The molecule has 1 fully saturated rings. The van der Waals surface area contributed by atoms with Gasteiger partial charge < -0.3 is 14.9 Å². The zero-order chi connectivity index (χ0) is 18.5. The summed E-state index contributed by atoms with van der Waals surface area (Å²) in [6.45, 7) is 0.0715. The van der Waals surface area contributed by atoms with Crippen LogP contribution in [-0.4, -0.2) is 47.7 Å². The lowest BCUT2D eigenvalue weighted by Crippen LogP contribution is -2.18. The summed E-state index contributed by atoms with van der Waals surface area (Å²) >= 11 is 0. The van der Waals surface area contributed by atoms with Crippen molar-refractivity contribution in [2.45, 2.75) is 95.7 Å². The molecule has 0 saturated heterocycles. The van der Waals surface area contributed by atoms with Gasteiger partial charge in [-0.1, -0.05) is 32.1 Å². The molecular formula is C20H36O5. The van der Waals surface area contributed by atoms with E-state index in [1.165, 1.54) is 7.11 Å². The van der Waals surface area contributed by atoms with Gasteiger partial charge in [0.05, 0.1) is 12.2 Å². The van der Waals surface area contributed by atoms with Crippen LogP contribution in [0.2, 0.25) is 0 Å². The maximum atomic E-state index is 12.5. The summed E-state index contributed by atoms with van der Waals surface area (Å²) in [5.74, 6) is 0.101. The van der Waals surface area contributed by atoms with Crippen molar-refractivity contribution in [3.63, 3.8) is 0 Å². The Kier molecular flexibility index (Phi) is 12.0. The van der Waals surface area contributed by atoms with Gasteiger partial charge in [-0.3, -0.25) is 9.59 Å². The second-order valence-electron chi connectivity index (χ2n) is 7.44. The van der Waals surface area contributed by atoms with Crippen LogP contribution in [0.15, 0.2) is 0 Å². The lowest BCUT2D eigenvalue weighted by Gasteiger charge is -2.19. The third-order valence-electron chi connectivity index (χ3n) is 5.17. The molecule has 0 bridgehead atoms. The van der Waals surface area contributed by atoms with Gasteiger partial charge >= 0.3 is 0 Å². The standard InChI is InChI=1S/C20H36O5/c1-25-15-19(23)13-14-20(24)16-7-2-3-9-17(21)10-4-5-11-18(22)12-6-8-16/h16-18,21-22H,2-15H2,1H3. The molecule has 0 aromatic carbocycles. The summed E-state index contributed by atoms with van der Waals surface area (Å²) in [7, 11) is 1.48. The first-order valence-corrected chi connectivity index (χ1v) is 9.92. The molecule has 1 saturated carbocycles. The summed E-state index contributed by atoms with van der Waals surface area (Å²) in [5, 5.41) is 20.0. The van der Waals surface area contributed by atoms with Crippen molar-refractivity contribution >= 4 is 11.6 Å². The van der Waals surface area contributed by atoms with Gasteiger partial charge in [-0.2, -0.15) is 0 Å². The molecule has 2 N–H and O–H groups in total. The normalized spacial score (nSPS) is 27.4. The second-order valence-corrected chi connectivity index (χ2v) is 7.44. The number of aliphatic hydroxyl groups excluding tert-OH is 2. The van der Waals surface area contributed by atoms with Crippen molar-refractivity contribution in [2.75, 3.05) is 13.7 Å². The summed E-state index contributed by atoms with van der Waals surface area (Å²) < 4.78 is 4.81. The molecule has 5 heteroatoms. The lowest BCUT2D eigenvalue weighted by molar-refractivity contribution is -0.128. The number of aliphatic hydroxyl groups is 2. The monoisotopic (exact) mass is 356 g/mol. The van der Waals surface area contributed by atoms with Gasteiger partial charge in [0.1, 0.15) is 12.4 Å². The van der Waals surface area contributed by atoms with Crippen LogP contribution in [0, 0.1) is 5.92 Å². The van der Waals surface area contributed by atoms with Gasteiger partial charge in [0.2, 0.25) is 0 Å². The molecule has 0 aliphatic heterocycles. The summed E-state index contributed by atoms with van der Waals surface area (Å²) in [6, 6.07) is 0. The molecule has 0 spiro atoms. The fraction of sp³-hybridized carbons (Fsp3) is 0.900. The molecule has 0 heterocycles.